The van der Waals surface area contributed by atoms with Gasteiger partial charge >= 0.3 is 0 Å². The summed E-state index contributed by atoms with van der Waals surface area (Å²) in [6, 6.07) is 2.98. The van der Waals surface area contributed by atoms with Crippen molar-refractivity contribution in [3.8, 4) is 11.5 Å². The van der Waals surface area contributed by atoms with E-state index in [0.717, 1.165) is 11.0 Å². The fraction of sp³-hybridized carbons (Fsp3) is 0.429. The summed E-state index contributed by atoms with van der Waals surface area (Å²) in [5.74, 6) is 1.81. The molecule has 22 heavy (non-hydrogen) atoms. The second kappa shape index (κ2) is 7.46. The van der Waals surface area contributed by atoms with Gasteiger partial charge < -0.3 is 19.4 Å². The van der Waals surface area contributed by atoms with Crippen LogP contribution in [0.4, 0.5) is 4.39 Å². The van der Waals surface area contributed by atoms with Crippen molar-refractivity contribution in [1.82, 2.24) is 20.1 Å². The lowest BCUT2D eigenvalue weighted by Gasteiger charge is -2.10. The smallest absolute Gasteiger partial charge is 0.191 e. The van der Waals surface area contributed by atoms with Crippen molar-refractivity contribution in [2.75, 3.05) is 21.3 Å². The van der Waals surface area contributed by atoms with E-state index in [0.29, 0.717) is 29.4 Å². The normalized spacial score (nSPS) is 10.8. The Morgan fingerprint density at radius 3 is 2.55 bits per heavy atom. The zero-order chi connectivity index (χ0) is 16.1. The summed E-state index contributed by atoms with van der Waals surface area (Å²) in [7, 11) is 6.74. The maximum atomic E-state index is 14.1. The molecule has 0 unspecified atom stereocenters. The molecule has 1 aromatic carbocycles. The van der Waals surface area contributed by atoms with Gasteiger partial charge in [0.2, 0.25) is 0 Å². The highest BCUT2D eigenvalue weighted by Gasteiger charge is 2.14. The van der Waals surface area contributed by atoms with Gasteiger partial charge in [0.15, 0.2) is 16.7 Å². The number of rotatable bonds is 7. The first-order valence-corrected chi connectivity index (χ1v) is 7.65. The number of ether oxygens (including phenoxy) is 2. The predicted molar refractivity (Wildman–Crippen MR) is 82.8 cm³/mol. The number of nitrogens with one attached hydrogen (secondary N) is 1. The van der Waals surface area contributed by atoms with E-state index in [4.69, 9.17) is 9.47 Å². The Hall–Kier alpha value is -1.80. The number of aromatic nitrogens is 3. The molecule has 0 aliphatic heterocycles. The number of methoxy groups -OCH3 is 2. The van der Waals surface area contributed by atoms with Gasteiger partial charge in [0.1, 0.15) is 11.6 Å². The summed E-state index contributed by atoms with van der Waals surface area (Å²) in [5.41, 5.74) is 0.529. The molecule has 0 spiro atoms. The van der Waals surface area contributed by atoms with Gasteiger partial charge in [0.25, 0.3) is 0 Å². The number of thioether (sulfide) groups is 1. The number of nitrogens with zero attached hydrogens (tertiary/aromatic N) is 3. The topological polar surface area (TPSA) is 61.2 Å². The van der Waals surface area contributed by atoms with E-state index in [2.05, 4.69) is 15.5 Å². The highest BCUT2D eigenvalue weighted by atomic mass is 32.2. The van der Waals surface area contributed by atoms with Gasteiger partial charge in [-0.25, -0.2) is 4.39 Å². The molecule has 8 heteroatoms. The molecule has 2 rings (SSSR count). The van der Waals surface area contributed by atoms with Crippen LogP contribution in [0.25, 0.3) is 0 Å². The third-order valence-electron chi connectivity index (χ3n) is 3.17. The second-order valence-corrected chi connectivity index (χ2v) is 5.52. The molecule has 2 aromatic rings. The molecule has 0 saturated heterocycles. The first kappa shape index (κ1) is 16.6. The summed E-state index contributed by atoms with van der Waals surface area (Å²) in [6.07, 6.45) is 0. The summed E-state index contributed by atoms with van der Waals surface area (Å²) in [4.78, 5) is 0. The van der Waals surface area contributed by atoms with E-state index < -0.39 is 0 Å². The minimum atomic E-state index is -0.331. The quantitative estimate of drug-likeness (QED) is 0.785. The fourth-order valence-electron chi connectivity index (χ4n) is 1.93. The summed E-state index contributed by atoms with van der Waals surface area (Å²) in [6.45, 7) is 0.634. The Morgan fingerprint density at radius 2 is 1.91 bits per heavy atom. The van der Waals surface area contributed by atoms with Crippen molar-refractivity contribution in [1.29, 1.82) is 0 Å². The molecule has 1 N–H and O–H groups in total. The van der Waals surface area contributed by atoms with Crippen LogP contribution in [0.5, 0.6) is 11.5 Å². The molecule has 6 nitrogen and oxygen atoms in total. The predicted octanol–water partition coefficient (Wildman–Crippen LogP) is 1.98. The molecule has 0 atom stereocenters. The molecular formula is C14H19FN4O2S. The minimum absolute atomic E-state index is 0.331. The third-order valence-corrected chi connectivity index (χ3v) is 4.24. The maximum absolute atomic E-state index is 14.1. The van der Waals surface area contributed by atoms with Crippen molar-refractivity contribution in [2.24, 2.45) is 7.05 Å². The lowest BCUT2D eigenvalue weighted by atomic mass is 10.2. The van der Waals surface area contributed by atoms with Gasteiger partial charge in [-0.2, -0.15) is 0 Å². The van der Waals surface area contributed by atoms with Gasteiger partial charge in [-0.1, -0.05) is 11.8 Å². The van der Waals surface area contributed by atoms with Gasteiger partial charge in [-0.05, 0) is 13.1 Å². The molecule has 0 aliphatic rings. The van der Waals surface area contributed by atoms with Crippen LogP contribution in [0.1, 0.15) is 11.4 Å². The van der Waals surface area contributed by atoms with Crippen LogP contribution in [0.15, 0.2) is 17.3 Å². The largest absolute Gasteiger partial charge is 0.493 e. The van der Waals surface area contributed by atoms with E-state index in [1.54, 1.807) is 6.07 Å². The molecule has 0 amide bonds. The average molecular weight is 326 g/mol. The second-order valence-electron chi connectivity index (χ2n) is 4.58. The zero-order valence-corrected chi connectivity index (χ0v) is 13.8. The van der Waals surface area contributed by atoms with Crippen LogP contribution in [0.2, 0.25) is 0 Å². The first-order chi connectivity index (χ1) is 10.6. The van der Waals surface area contributed by atoms with Crippen molar-refractivity contribution in [2.45, 2.75) is 17.5 Å². The van der Waals surface area contributed by atoms with Gasteiger partial charge in [-0.15, -0.1) is 10.2 Å². The van der Waals surface area contributed by atoms with E-state index in [9.17, 15) is 4.39 Å². The van der Waals surface area contributed by atoms with Crippen LogP contribution in [0, 0.1) is 5.82 Å². The molecule has 0 radical (unpaired) electrons. The molecule has 0 saturated carbocycles. The van der Waals surface area contributed by atoms with Gasteiger partial charge in [-0.3, -0.25) is 0 Å². The number of hydrogen-bond acceptors (Lipinski definition) is 6. The van der Waals surface area contributed by atoms with Crippen LogP contribution in [-0.4, -0.2) is 36.0 Å². The molecule has 0 fully saturated rings. The highest BCUT2D eigenvalue weighted by molar-refractivity contribution is 7.98. The Morgan fingerprint density at radius 1 is 1.23 bits per heavy atom. The first-order valence-electron chi connectivity index (χ1n) is 6.66. The van der Waals surface area contributed by atoms with Crippen molar-refractivity contribution in [3.05, 3.63) is 29.3 Å². The van der Waals surface area contributed by atoms with Crippen LogP contribution in [-0.2, 0) is 19.3 Å². The fourth-order valence-corrected chi connectivity index (χ4v) is 2.84. The Kier molecular flexibility index (Phi) is 5.62. The van der Waals surface area contributed by atoms with Crippen LogP contribution >= 0.6 is 11.8 Å². The standard InChI is InChI=1S/C14H19FN4O2S/c1-16-7-13-17-18-14(19(13)2)22-8-9-5-11(20-3)12(21-4)6-10(9)15/h5-6,16H,7-8H2,1-4H3. The minimum Gasteiger partial charge on any atom is -0.493 e. The summed E-state index contributed by atoms with van der Waals surface area (Å²) >= 11 is 1.42. The monoisotopic (exact) mass is 326 g/mol. The molecule has 120 valence electrons. The number of benzene rings is 1. The Labute approximate surface area is 133 Å². The van der Waals surface area contributed by atoms with Crippen molar-refractivity contribution >= 4 is 11.8 Å². The van der Waals surface area contributed by atoms with Gasteiger partial charge in [0.05, 0.1) is 20.8 Å². The Bertz CT molecular complexity index is 648. The summed E-state index contributed by atoms with van der Waals surface area (Å²) in [5, 5.41) is 12.0. The molecule has 1 aromatic heterocycles. The van der Waals surface area contributed by atoms with Crippen molar-refractivity contribution in [3.63, 3.8) is 0 Å². The van der Waals surface area contributed by atoms with E-state index >= 15 is 0 Å². The lowest BCUT2D eigenvalue weighted by molar-refractivity contribution is 0.352. The van der Waals surface area contributed by atoms with E-state index in [1.807, 2.05) is 18.7 Å². The number of hydrogen-bond donors (Lipinski definition) is 1. The zero-order valence-electron chi connectivity index (χ0n) is 13.0. The lowest BCUT2D eigenvalue weighted by Crippen LogP contribution is -2.10. The molecule has 1 heterocycles. The van der Waals surface area contributed by atoms with Crippen molar-refractivity contribution < 1.29 is 13.9 Å². The molecule has 0 bridgehead atoms. The van der Waals surface area contributed by atoms with E-state index in [-0.39, 0.29) is 5.82 Å². The molecular weight excluding hydrogens is 307 g/mol. The summed E-state index contributed by atoms with van der Waals surface area (Å²) < 4.78 is 26.2. The Balaban J connectivity index is 2.14. The average Bonchev–Trinajstić information content (AvgIpc) is 2.87. The SMILES string of the molecule is CNCc1nnc(SCc2cc(OC)c(OC)cc2F)n1C. The third kappa shape index (κ3) is 3.50. The van der Waals surface area contributed by atoms with Gasteiger partial charge in [0, 0.05) is 24.4 Å². The van der Waals surface area contributed by atoms with E-state index in [1.165, 1.54) is 32.0 Å². The van der Waals surface area contributed by atoms with Crippen LogP contribution in [0.3, 0.4) is 0 Å². The maximum Gasteiger partial charge on any atom is 0.191 e. The number of halogens is 1. The highest BCUT2D eigenvalue weighted by Crippen LogP contribution is 2.32. The van der Waals surface area contributed by atoms with Crippen LogP contribution < -0.4 is 14.8 Å². The molecule has 0 aliphatic carbocycles.